The summed E-state index contributed by atoms with van der Waals surface area (Å²) in [5, 5.41) is 11.2. The van der Waals surface area contributed by atoms with Gasteiger partial charge in [-0.3, -0.25) is 9.48 Å². The fourth-order valence-corrected chi connectivity index (χ4v) is 4.07. The van der Waals surface area contributed by atoms with E-state index in [0.717, 1.165) is 30.5 Å². The van der Waals surface area contributed by atoms with Crippen LogP contribution in [0.2, 0.25) is 0 Å². The summed E-state index contributed by atoms with van der Waals surface area (Å²) >= 11 is 0. The molecule has 0 unspecified atom stereocenters. The average molecular weight is 423 g/mol. The Kier molecular flexibility index (Phi) is 5.97. The number of aryl methyl sites for hydroxylation is 1. The highest BCUT2D eigenvalue weighted by Crippen LogP contribution is 2.22. The zero-order chi connectivity index (χ0) is 22.0. The van der Waals surface area contributed by atoms with E-state index in [0.29, 0.717) is 24.6 Å². The summed E-state index contributed by atoms with van der Waals surface area (Å²) in [6.45, 7) is 6.59. The van der Waals surface area contributed by atoms with E-state index in [-0.39, 0.29) is 18.0 Å². The van der Waals surface area contributed by atoms with Crippen LogP contribution < -0.4 is 10.6 Å². The molecule has 164 valence electrons. The Morgan fingerprint density at radius 2 is 1.97 bits per heavy atom. The molecule has 3 heterocycles. The Hall–Kier alpha value is -3.29. The number of hydrogen-bond donors (Lipinski definition) is 2. The smallest absolute Gasteiger partial charge is 0.321 e. The van der Waals surface area contributed by atoms with E-state index in [1.165, 1.54) is 5.52 Å². The molecule has 2 aromatic heterocycles. The first-order chi connectivity index (χ1) is 14.9. The Bertz CT molecular complexity index is 1070. The molecule has 0 radical (unpaired) electrons. The largest absolute Gasteiger partial charge is 0.349 e. The summed E-state index contributed by atoms with van der Waals surface area (Å²) in [5.74, 6) is 0.459. The van der Waals surface area contributed by atoms with E-state index in [4.69, 9.17) is 0 Å². The predicted octanol–water partition coefficient (Wildman–Crippen LogP) is 3.46. The average Bonchev–Trinajstić information content (AvgIpc) is 3.34. The molecule has 3 aromatic rings. The maximum atomic E-state index is 12.7. The van der Waals surface area contributed by atoms with Crippen molar-refractivity contribution in [2.45, 2.75) is 39.3 Å². The first kappa shape index (κ1) is 21.0. The molecule has 0 bridgehead atoms. The third-order valence-electron chi connectivity index (χ3n) is 5.67. The van der Waals surface area contributed by atoms with E-state index in [9.17, 15) is 9.59 Å². The predicted molar refractivity (Wildman–Crippen MR) is 121 cm³/mol. The van der Waals surface area contributed by atoms with Crippen LogP contribution in [-0.2, 0) is 13.6 Å². The highest BCUT2D eigenvalue weighted by atomic mass is 16.2. The van der Waals surface area contributed by atoms with Gasteiger partial charge in [0.15, 0.2) is 0 Å². The zero-order valence-corrected chi connectivity index (χ0v) is 18.3. The van der Waals surface area contributed by atoms with Crippen molar-refractivity contribution in [3.63, 3.8) is 0 Å². The fourth-order valence-electron chi connectivity index (χ4n) is 4.07. The highest BCUT2D eigenvalue weighted by Gasteiger charge is 2.24. The van der Waals surface area contributed by atoms with Crippen LogP contribution in [-0.4, -0.2) is 50.3 Å². The van der Waals surface area contributed by atoms with Gasteiger partial charge in [0, 0.05) is 61.7 Å². The molecule has 1 aliphatic rings. The van der Waals surface area contributed by atoms with Crippen LogP contribution in [0.15, 0.2) is 42.9 Å². The summed E-state index contributed by atoms with van der Waals surface area (Å²) in [4.78, 5) is 26.8. The minimum atomic E-state index is -0.117. The van der Waals surface area contributed by atoms with Gasteiger partial charge in [0.25, 0.3) is 5.91 Å². The molecule has 1 aromatic carbocycles. The number of fused-ring (bicyclic) bond motifs is 1. The van der Waals surface area contributed by atoms with Crippen molar-refractivity contribution in [1.29, 1.82) is 0 Å². The van der Waals surface area contributed by atoms with Gasteiger partial charge in [-0.1, -0.05) is 13.8 Å². The maximum Gasteiger partial charge on any atom is 0.321 e. The number of nitrogens with one attached hydrogen (secondary N) is 2. The normalized spacial score (nSPS) is 14.9. The number of aromatic nitrogens is 3. The molecule has 4 rings (SSSR count). The summed E-state index contributed by atoms with van der Waals surface area (Å²) < 4.78 is 3.86. The monoisotopic (exact) mass is 422 g/mol. The van der Waals surface area contributed by atoms with Crippen LogP contribution in [0.5, 0.6) is 0 Å². The molecule has 0 spiro atoms. The SMILES string of the molecule is CC(C)Cn1ccc2cc(NC(=O)N3CCC(NC(=O)c4cnn(C)c4)CC3)ccc21. The number of amides is 3. The van der Waals surface area contributed by atoms with Crippen LogP contribution >= 0.6 is 0 Å². The van der Waals surface area contributed by atoms with Crippen LogP contribution in [0.4, 0.5) is 10.5 Å². The molecule has 3 amide bonds. The Morgan fingerprint density at radius 3 is 2.65 bits per heavy atom. The molecule has 1 aliphatic heterocycles. The number of nitrogens with zero attached hydrogens (tertiary/aromatic N) is 4. The van der Waals surface area contributed by atoms with Gasteiger partial charge in [-0.25, -0.2) is 4.79 Å². The van der Waals surface area contributed by atoms with Crippen molar-refractivity contribution in [2.24, 2.45) is 13.0 Å². The van der Waals surface area contributed by atoms with E-state index >= 15 is 0 Å². The Balaban J connectivity index is 1.30. The summed E-state index contributed by atoms with van der Waals surface area (Å²) in [6, 6.07) is 8.09. The van der Waals surface area contributed by atoms with Gasteiger partial charge in [0.2, 0.25) is 0 Å². The quantitative estimate of drug-likeness (QED) is 0.660. The number of rotatable bonds is 5. The van der Waals surface area contributed by atoms with Crippen LogP contribution in [0.1, 0.15) is 37.0 Å². The van der Waals surface area contributed by atoms with E-state index in [1.807, 2.05) is 12.1 Å². The topological polar surface area (TPSA) is 84.2 Å². The molecule has 31 heavy (non-hydrogen) atoms. The maximum absolute atomic E-state index is 12.7. The molecule has 2 N–H and O–H groups in total. The Morgan fingerprint density at radius 1 is 1.19 bits per heavy atom. The number of piperidine rings is 1. The van der Waals surface area contributed by atoms with Crippen molar-refractivity contribution in [3.05, 3.63) is 48.4 Å². The minimum Gasteiger partial charge on any atom is -0.349 e. The molecule has 1 fully saturated rings. The third kappa shape index (κ3) is 4.90. The van der Waals surface area contributed by atoms with Gasteiger partial charge in [0.1, 0.15) is 0 Å². The lowest BCUT2D eigenvalue weighted by Crippen LogP contribution is -2.47. The molecular formula is C23H30N6O2. The lowest BCUT2D eigenvalue weighted by atomic mass is 10.0. The number of benzene rings is 1. The van der Waals surface area contributed by atoms with Crippen LogP contribution in [0.3, 0.4) is 0 Å². The number of anilines is 1. The summed E-state index contributed by atoms with van der Waals surface area (Å²) in [7, 11) is 1.78. The summed E-state index contributed by atoms with van der Waals surface area (Å²) in [5.41, 5.74) is 2.53. The number of carbonyl (C=O) groups is 2. The van der Waals surface area contributed by atoms with E-state index in [2.05, 4.69) is 52.5 Å². The van der Waals surface area contributed by atoms with Gasteiger partial charge in [-0.15, -0.1) is 0 Å². The number of likely N-dealkylation sites (tertiary alicyclic amines) is 1. The fraction of sp³-hybridized carbons (Fsp3) is 0.435. The molecule has 0 saturated carbocycles. The first-order valence-corrected chi connectivity index (χ1v) is 10.8. The van der Waals surface area contributed by atoms with E-state index < -0.39 is 0 Å². The lowest BCUT2D eigenvalue weighted by molar-refractivity contribution is 0.0919. The van der Waals surface area contributed by atoms with Gasteiger partial charge >= 0.3 is 6.03 Å². The lowest BCUT2D eigenvalue weighted by Gasteiger charge is -2.32. The Labute approximate surface area is 182 Å². The van der Waals surface area contributed by atoms with Crippen molar-refractivity contribution in [1.82, 2.24) is 24.6 Å². The van der Waals surface area contributed by atoms with Crippen molar-refractivity contribution in [2.75, 3.05) is 18.4 Å². The second-order valence-corrected chi connectivity index (χ2v) is 8.70. The van der Waals surface area contributed by atoms with Gasteiger partial charge in [-0.05, 0) is 43.0 Å². The van der Waals surface area contributed by atoms with Crippen LogP contribution in [0.25, 0.3) is 10.9 Å². The molecule has 8 heteroatoms. The number of hydrogen-bond acceptors (Lipinski definition) is 3. The second-order valence-electron chi connectivity index (χ2n) is 8.70. The van der Waals surface area contributed by atoms with Gasteiger partial charge in [-0.2, -0.15) is 5.10 Å². The van der Waals surface area contributed by atoms with Crippen molar-refractivity contribution < 1.29 is 9.59 Å². The first-order valence-electron chi connectivity index (χ1n) is 10.8. The van der Waals surface area contributed by atoms with Crippen molar-refractivity contribution >= 4 is 28.5 Å². The van der Waals surface area contributed by atoms with Gasteiger partial charge < -0.3 is 20.1 Å². The van der Waals surface area contributed by atoms with Crippen LogP contribution in [0, 0.1) is 5.92 Å². The molecular weight excluding hydrogens is 392 g/mol. The standard InChI is InChI=1S/C23H30N6O2/c1-16(2)14-29-9-6-17-12-20(4-5-21(17)29)26-23(31)28-10-7-19(8-11-28)25-22(30)18-13-24-27(3)15-18/h4-6,9,12-13,15-16,19H,7-8,10-11,14H2,1-3H3,(H,25,30)(H,26,31). The summed E-state index contributed by atoms with van der Waals surface area (Å²) in [6.07, 6.45) is 6.82. The molecule has 8 nitrogen and oxygen atoms in total. The van der Waals surface area contributed by atoms with Crippen molar-refractivity contribution in [3.8, 4) is 0 Å². The minimum absolute atomic E-state index is 0.0637. The van der Waals surface area contributed by atoms with Gasteiger partial charge in [0.05, 0.1) is 11.8 Å². The molecule has 0 aliphatic carbocycles. The molecule has 0 atom stereocenters. The van der Waals surface area contributed by atoms with E-state index in [1.54, 1.807) is 29.0 Å². The highest BCUT2D eigenvalue weighted by molar-refractivity contribution is 5.94. The second kappa shape index (κ2) is 8.83. The number of urea groups is 1. The number of carbonyl (C=O) groups excluding carboxylic acids is 2. The molecule has 1 saturated heterocycles. The third-order valence-corrected chi connectivity index (χ3v) is 5.67. The zero-order valence-electron chi connectivity index (χ0n) is 18.3.